The molecule has 2 aromatic rings. The second-order valence-corrected chi connectivity index (χ2v) is 5.20. The maximum atomic E-state index is 11.5. The molecule has 3 nitrogen and oxygen atoms in total. The van der Waals surface area contributed by atoms with E-state index >= 15 is 0 Å². The fraction of sp³-hybridized carbons (Fsp3) is 0.333. The number of hydrogen-bond acceptors (Lipinski definition) is 2. The lowest BCUT2D eigenvalue weighted by Crippen LogP contribution is -2.13. The van der Waals surface area contributed by atoms with Gasteiger partial charge in [0.1, 0.15) is 0 Å². The Bertz CT molecular complexity index is 627. The second-order valence-electron chi connectivity index (χ2n) is 3.79. The van der Waals surface area contributed by atoms with Crippen molar-refractivity contribution >= 4 is 39.1 Å². The van der Waals surface area contributed by atoms with E-state index in [1.54, 1.807) is 0 Å². The van der Waals surface area contributed by atoms with E-state index < -0.39 is 0 Å². The highest BCUT2D eigenvalue weighted by Gasteiger charge is 2.07. The molecule has 0 N–H and O–H groups in total. The largest absolute Gasteiger partial charge is 0.318 e. The van der Waals surface area contributed by atoms with E-state index in [1.807, 2.05) is 36.7 Å². The van der Waals surface area contributed by atoms with Crippen molar-refractivity contribution in [1.82, 2.24) is 4.57 Å². The molecule has 0 aliphatic carbocycles. The van der Waals surface area contributed by atoms with Crippen molar-refractivity contribution in [2.75, 3.05) is 0 Å². The third kappa shape index (κ3) is 2.42. The van der Waals surface area contributed by atoms with E-state index in [1.165, 1.54) is 11.3 Å². The van der Waals surface area contributed by atoms with Gasteiger partial charge < -0.3 is 4.57 Å². The number of nitrogens with zero attached hydrogens (tertiary/aromatic N) is 2. The van der Waals surface area contributed by atoms with Gasteiger partial charge >= 0.3 is 0 Å². The minimum Gasteiger partial charge on any atom is -0.318 e. The summed E-state index contributed by atoms with van der Waals surface area (Å²) in [5, 5.41) is 0.686. The number of fused-ring (bicyclic) bond motifs is 1. The molecule has 1 aromatic heterocycles. The van der Waals surface area contributed by atoms with Crippen LogP contribution < -0.4 is 4.80 Å². The van der Waals surface area contributed by atoms with Gasteiger partial charge in [-0.05, 0) is 18.6 Å². The number of aromatic nitrogens is 1. The zero-order valence-corrected chi connectivity index (χ0v) is 11.3. The number of rotatable bonds is 2. The molecule has 0 unspecified atom stereocenters. The van der Waals surface area contributed by atoms with Crippen LogP contribution in [-0.2, 0) is 11.8 Å². The summed E-state index contributed by atoms with van der Waals surface area (Å²) in [6, 6.07) is 5.72. The predicted octanol–water partition coefficient (Wildman–Crippen LogP) is 3.12. The van der Waals surface area contributed by atoms with Gasteiger partial charge in [-0.25, -0.2) is 0 Å². The van der Waals surface area contributed by atoms with Crippen LogP contribution in [0.2, 0.25) is 5.02 Å². The van der Waals surface area contributed by atoms with E-state index in [9.17, 15) is 4.79 Å². The molecule has 2 rings (SSSR count). The monoisotopic (exact) mass is 268 g/mol. The quantitative estimate of drug-likeness (QED) is 0.824. The van der Waals surface area contributed by atoms with Gasteiger partial charge in [0.2, 0.25) is 5.91 Å². The summed E-state index contributed by atoms with van der Waals surface area (Å²) >= 11 is 7.62. The Kier molecular flexibility index (Phi) is 3.64. The number of halogens is 1. The number of para-hydroxylation sites is 1. The van der Waals surface area contributed by atoms with Crippen LogP contribution in [-0.4, -0.2) is 10.5 Å². The molecule has 0 aliphatic heterocycles. The van der Waals surface area contributed by atoms with Gasteiger partial charge in [-0.3, -0.25) is 4.79 Å². The lowest BCUT2D eigenvalue weighted by atomic mass is 10.3. The van der Waals surface area contributed by atoms with Gasteiger partial charge in [0.25, 0.3) is 0 Å². The molecule has 0 fully saturated rings. The lowest BCUT2D eigenvalue weighted by Gasteiger charge is -1.97. The van der Waals surface area contributed by atoms with Crippen LogP contribution in [0.4, 0.5) is 0 Å². The zero-order chi connectivity index (χ0) is 12.4. The van der Waals surface area contributed by atoms with E-state index in [4.69, 9.17) is 11.6 Å². The van der Waals surface area contributed by atoms with Crippen LogP contribution in [0, 0.1) is 0 Å². The van der Waals surface area contributed by atoms with Gasteiger partial charge in [-0.15, -0.1) is 0 Å². The van der Waals surface area contributed by atoms with Crippen LogP contribution in [0.5, 0.6) is 0 Å². The number of hydrogen-bond donors (Lipinski definition) is 0. The molecule has 1 heterocycles. The number of amides is 1. The summed E-state index contributed by atoms with van der Waals surface area (Å²) in [6.45, 7) is 1.97. The molecule has 0 spiro atoms. The number of thiazole rings is 1. The van der Waals surface area contributed by atoms with E-state index in [0.29, 0.717) is 16.2 Å². The Hall–Kier alpha value is -1.13. The van der Waals surface area contributed by atoms with Crippen molar-refractivity contribution in [3.63, 3.8) is 0 Å². The first-order chi connectivity index (χ1) is 8.13. The van der Waals surface area contributed by atoms with Crippen molar-refractivity contribution in [2.45, 2.75) is 19.8 Å². The molecule has 0 saturated heterocycles. The average molecular weight is 269 g/mol. The molecular weight excluding hydrogens is 256 g/mol. The highest BCUT2D eigenvalue weighted by Crippen LogP contribution is 2.24. The first-order valence-corrected chi connectivity index (χ1v) is 6.64. The average Bonchev–Trinajstić information content (AvgIpc) is 2.57. The first-order valence-electron chi connectivity index (χ1n) is 5.45. The standard InChI is InChI=1S/C12H13ClN2OS/c1-3-5-10(16)14-12-15(2)11-8(13)6-4-7-9(11)17-12/h4,6-7H,3,5H2,1-2H3. The predicted molar refractivity (Wildman–Crippen MR) is 71.3 cm³/mol. The highest BCUT2D eigenvalue weighted by atomic mass is 35.5. The smallest absolute Gasteiger partial charge is 0.248 e. The topological polar surface area (TPSA) is 34.4 Å². The summed E-state index contributed by atoms with van der Waals surface area (Å²) in [6.07, 6.45) is 1.31. The molecule has 0 radical (unpaired) electrons. The molecule has 0 bridgehead atoms. The van der Waals surface area contributed by atoms with Crippen molar-refractivity contribution in [1.29, 1.82) is 0 Å². The summed E-state index contributed by atoms with van der Waals surface area (Å²) in [7, 11) is 1.88. The van der Waals surface area contributed by atoms with Crippen LogP contribution in [0.3, 0.4) is 0 Å². The number of carbonyl (C=O) groups is 1. The molecule has 1 amide bonds. The number of aryl methyl sites for hydroxylation is 1. The minimum absolute atomic E-state index is 0.0780. The summed E-state index contributed by atoms with van der Waals surface area (Å²) in [5.74, 6) is -0.0780. The van der Waals surface area contributed by atoms with Crippen molar-refractivity contribution < 1.29 is 4.79 Å². The van der Waals surface area contributed by atoms with Crippen molar-refractivity contribution in [3.8, 4) is 0 Å². The fourth-order valence-corrected chi connectivity index (χ4v) is 3.06. The SMILES string of the molecule is CCCC(=O)N=c1sc2cccc(Cl)c2n1C. The maximum absolute atomic E-state index is 11.5. The van der Waals surface area contributed by atoms with Crippen LogP contribution in [0.25, 0.3) is 10.2 Å². The van der Waals surface area contributed by atoms with E-state index in [-0.39, 0.29) is 5.91 Å². The fourth-order valence-electron chi connectivity index (χ4n) is 1.64. The van der Waals surface area contributed by atoms with Crippen LogP contribution in [0.1, 0.15) is 19.8 Å². The Morgan fingerprint density at radius 3 is 2.94 bits per heavy atom. The Morgan fingerprint density at radius 2 is 2.29 bits per heavy atom. The Labute approximate surface area is 108 Å². The molecule has 0 aliphatic rings. The number of carbonyl (C=O) groups excluding carboxylic acids is 1. The Morgan fingerprint density at radius 1 is 1.53 bits per heavy atom. The third-order valence-corrected chi connectivity index (χ3v) is 3.86. The molecule has 1 aromatic carbocycles. The molecule has 90 valence electrons. The van der Waals surface area contributed by atoms with Gasteiger partial charge in [0.15, 0.2) is 4.80 Å². The molecule has 17 heavy (non-hydrogen) atoms. The third-order valence-electron chi connectivity index (χ3n) is 2.46. The highest BCUT2D eigenvalue weighted by molar-refractivity contribution is 7.16. The molecule has 0 saturated carbocycles. The second kappa shape index (κ2) is 5.02. The van der Waals surface area contributed by atoms with Gasteiger partial charge in [-0.2, -0.15) is 4.99 Å². The van der Waals surface area contributed by atoms with Crippen molar-refractivity contribution in [3.05, 3.63) is 28.0 Å². The summed E-state index contributed by atoms with van der Waals surface area (Å²) < 4.78 is 2.92. The lowest BCUT2D eigenvalue weighted by molar-refractivity contribution is -0.118. The minimum atomic E-state index is -0.0780. The van der Waals surface area contributed by atoms with Crippen LogP contribution in [0.15, 0.2) is 23.2 Å². The van der Waals surface area contributed by atoms with E-state index in [0.717, 1.165) is 16.6 Å². The van der Waals surface area contributed by atoms with Crippen LogP contribution >= 0.6 is 22.9 Å². The summed E-state index contributed by atoms with van der Waals surface area (Å²) in [5.41, 5.74) is 0.933. The van der Waals surface area contributed by atoms with Gasteiger partial charge in [0, 0.05) is 13.5 Å². The van der Waals surface area contributed by atoms with Crippen molar-refractivity contribution in [2.24, 2.45) is 12.0 Å². The van der Waals surface area contributed by atoms with Gasteiger partial charge in [0.05, 0.1) is 15.2 Å². The Balaban J connectivity index is 2.61. The first kappa shape index (κ1) is 12.3. The number of benzene rings is 1. The molecular formula is C12H13ClN2OS. The zero-order valence-electron chi connectivity index (χ0n) is 9.74. The summed E-state index contributed by atoms with van der Waals surface area (Å²) in [4.78, 5) is 16.3. The normalized spacial score (nSPS) is 12.3. The molecule has 5 heteroatoms. The van der Waals surface area contributed by atoms with Gasteiger partial charge in [-0.1, -0.05) is 35.9 Å². The maximum Gasteiger partial charge on any atom is 0.248 e. The van der Waals surface area contributed by atoms with E-state index in [2.05, 4.69) is 4.99 Å². The molecule has 0 atom stereocenters.